The van der Waals surface area contributed by atoms with Crippen molar-refractivity contribution in [1.82, 2.24) is 19.9 Å². The van der Waals surface area contributed by atoms with Crippen LogP contribution < -0.4 is 10.1 Å². The summed E-state index contributed by atoms with van der Waals surface area (Å²) >= 11 is 8.72. The van der Waals surface area contributed by atoms with Crippen molar-refractivity contribution >= 4 is 52.2 Å². The maximum atomic E-state index is 13.7. The molecule has 0 unspecified atom stereocenters. The largest absolute Gasteiger partial charge is 0.497 e. The molecule has 0 aliphatic carbocycles. The fourth-order valence-corrected chi connectivity index (χ4v) is 5.66. The lowest BCUT2D eigenvalue weighted by molar-refractivity contribution is -0.142. The summed E-state index contributed by atoms with van der Waals surface area (Å²) in [4.78, 5) is 42.4. The summed E-state index contributed by atoms with van der Waals surface area (Å²) < 4.78 is 5.20. The van der Waals surface area contributed by atoms with Crippen molar-refractivity contribution in [2.45, 2.75) is 44.9 Å². The number of amides is 2. The number of aromatic nitrogens is 3. The first kappa shape index (κ1) is 29.5. The van der Waals surface area contributed by atoms with Crippen molar-refractivity contribution in [3.05, 3.63) is 81.4 Å². The molecule has 4 rings (SSSR count). The van der Waals surface area contributed by atoms with Gasteiger partial charge in [-0.25, -0.2) is 15.0 Å². The van der Waals surface area contributed by atoms with Crippen LogP contribution in [0, 0.1) is 13.8 Å². The van der Waals surface area contributed by atoms with E-state index in [0.29, 0.717) is 26.6 Å². The van der Waals surface area contributed by atoms with Gasteiger partial charge in [0.25, 0.3) is 0 Å². The van der Waals surface area contributed by atoms with E-state index < -0.39 is 5.54 Å². The van der Waals surface area contributed by atoms with Gasteiger partial charge in [-0.05, 0) is 70.2 Å². The number of hydrogen-bond donors (Lipinski definition) is 1. The third-order valence-corrected chi connectivity index (χ3v) is 8.07. The highest BCUT2D eigenvalue weighted by molar-refractivity contribution is 7.99. The van der Waals surface area contributed by atoms with E-state index in [4.69, 9.17) is 21.3 Å². The van der Waals surface area contributed by atoms with Crippen LogP contribution >= 0.6 is 34.7 Å². The zero-order chi connectivity index (χ0) is 28.9. The number of thiazole rings is 1. The first-order chi connectivity index (χ1) is 19.0. The van der Waals surface area contributed by atoms with Gasteiger partial charge >= 0.3 is 0 Å². The highest BCUT2D eigenvalue weighted by Gasteiger charge is 2.38. The molecule has 2 aromatic carbocycles. The molecule has 0 radical (unpaired) electrons. The molecule has 208 valence electrons. The number of benzene rings is 2. The summed E-state index contributed by atoms with van der Waals surface area (Å²) in [6.45, 7) is 7.40. The predicted octanol–water partition coefficient (Wildman–Crippen LogP) is 6.42. The van der Waals surface area contributed by atoms with E-state index >= 15 is 0 Å². The number of thioether (sulfide) groups is 1. The summed E-state index contributed by atoms with van der Waals surface area (Å²) in [7, 11) is 1.58. The molecule has 0 bridgehead atoms. The minimum absolute atomic E-state index is 0.0670. The molecule has 40 heavy (non-hydrogen) atoms. The first-order valence-electron chi connectivity index (χ1n) is 12.5. The van der Waals surface area contributed by atoms with Crippen LogP contribution in [-0.4, -0.2) is 50.1 Å². The van der Waals surface area contributed by atoms with Gasteiger partial charge in [0.15, 0.2) is 5.16 Å². The Bertz CT molecular complexity index is 1470. The molecule has 0 aliphatic rings. The zero-order valence-electron chi connectivity index (χ0n) is 22.9. The number of nitrogens with zero attached hydrogens (tertiary/aromatic N) is 4. The van der Waals surface area contributed by atoms with Crippen LogP contribution in [0.3, 0.4) is 0 Å². The molecule has 2 amide bonds. The van der Waals surface area contributed by atoms with E-state index in [-0.39, 0.29) is 24.1 Å². The number of carbonyl (C=O) groups excluding carboxylic acids is 2. The van der Waals surface area contributed by atoms with Gasteiger partial charge in [0.1, 0.15) is 16.3 Å². The first-order valence-corrected chi connectivity index (χ1v) is 14.7. The quantitative estimate of drug-likeness (QED) is 0.167. The smallest absolute Gasteiger partial charge is 0.249 e. The number of carbonyl (C=O) groups is 2. The third-order valence-electron chi connectivity index (χ3n) is 6.15. The maximum Gasteiger partial charge on any atom is 0.249 e. The number of methoxy groups -OCH3 is 1. The van der Waals surface area contributed by atoms with Crippen LogP contribution in [0.4, 0.5) is 5.69 Å². The Morgan fingerprint density at radius 1 is 1.02 bits per heavy atom. The molecular formula is C29H30ClN5O3S2. The number of ether oxygens (including phenoxy) is 1. The van der Waals surface area contributed by atoms with Crippen LogP contribution in [0.1, 0.15) is 30.2 Å². The van der Waals surface area contributed by atoms with Gasteiger partial charge in [0, 0.05) is 33.0 Å². The van der Waals surface area contributed by atoms with Crippen LogP contribution in [-0.2, 0) is 16.1 Å². The molecular weight excluding hydrogens is 566 g/mol. The maximum absolute atomic E-state index is 13.7. The van der Waals surface area contributed by atoms with Gasteiger partial charge in [-0.2, -0.15) is 0 Å². The topological polar surface area (TPSA) is 97.3 Å². The van der Waals surface area contributed by atoms with Crippen LogP contribution in [0.15, 0.2) is 65.1 Å². The molecule has 2 heterocycles. The van der Waals surface area contributed by atoms with Crippen molar-refractivity contribution < 1.29 is 14.3 Å². The van der Waals surface area contributed by atoms with Gasteiger partial charge in [-0.15, -0.1) is 11.3 Å². The Morgan fingerprint density at radius 2 is 1.68 bits per heavy atom. The molecule has 8 nitrogen and oxygen atoms in total. The fourth-order valence-electron chi connectivity index (χ4n) is 3.91. The summed E-state index contributed by atoms with van der Waals surface area (Å²) in [6.07, 6.45) is 0. The number of anilines is 1. The second kappa shape index (κ2) is 12.8. The van der Waals surface area contributed by atoms with E-state index in [2.05, 4.69) is 15.3 Å². The van der Waals surface area contributed by atoms with Gasteiger partial charge in [0.05, 0.1) is 25.1 Å². The van der Waals surface area contributed by atoms with Gasteiger partial charge < -0.3 is 15.0 Å². The fraction of sp³-hybridized carbons (Fsp3) is 0.276. The average molecular weight is 596 g/mol. The molecule has 1 N–H and O–H groups in total. The molecule has 0 fully saturated rings. The Hall–Kier alpha value is -3.47. The second-order valence-electron chi connectivity index (χ2n) is 9.58. The summed E-state index contributed by atoms with van der Waals surface area (Å²) in [5, 5.41) is 6.73. The molecule has 4 aromatic rings. The molecule has 0 aliphatic heterocycles. The molecule has 0 spiro atoms. The van der Waals surface area contributed by atoms with E-state index in [9.17, 15) is 9.59 Å². The van der Waals surface area contributed by atoms with Gasteiger partial charge in [0.2, 0.25) is 11.8 Å². The SMILES string of the molecule is COc1ccc(NC(=O)C(C)(C)N(Cc2nc(-c3ccc(Cl)cc3)cs2)C(=O)CSc2nc(C)cc(C)n2)cc1. The van der Waals surface area contributed by atoms with E-state index in [1.54, 1.807) is 50.1 Å². The average Bonchev–Trinajstić information content (AvgIpc) is 3.39. The highest BCUT2D eigenvalue weighted by atomic mass is 35.5. The standard InChI is InChI=1S/C29H30ClN5O3S2/c1-18-14-19(2)32-28(31-18)40-17-26(36)35(15-25-34-24(16-39-25)20-6-8-21(30)9-7-20)29(3,4)27(37)33-22-10-12-23(38-5)13-11-22/h6-14,16H,15,17H2,1-5H3,(H,33,37). The van der Waals surface area contributed by atoms with Crippen molar-refractivity contribution in [3.63, 3.8) is 0 Å². The second-order valence-corrected chi connectivity index (χ2v) is 11.9. The Kier molecular flexibility index (Phi) is 9.44. The molecule has 0 atom stereocenters. The van der Waals surface area contributed by atoms with E-state index in [1.165, 1.54) is 23.1 Å². The summed E-state index contributed by atoms with van der Waals surface area (Å²) in [5.41, 5.74) is 2.76. The molecule has 2 aromatic heterocycles. The minimum Gasteiger partial charge on any atom is -0.497 e. The van der Waals surface area contributed by atoms with E-state index in [0.717, 1.165) is 22.6 Å². The van der Waals surface area contributed by atoms with Crippen molar-refractivity contribution in [2.24, 2.45) is 0 Å². The number of aryl methyl sites for hydroxylation is 2. The molecule has 11 heteroatoms. The van der Waals surface area contributed by atoms with E-state index in [1.807, 2.05) is 49.6 Å². The van der Waals surface area contributed by atoms with Crippen molar-refractivity contribution in [3.8, 4) is 17.0 Å². The Balaban J connectivity index is 1.57. The number of halogens is 1. The normalized spacial score (nSPS) is 11.2. The van der Waals surface area contributed by atoms with Crippen molar-refractivity contribution in [1.29, 1.82) is 0 Å². The lowest BCUT2D eigenvalue weighted by Crippen LogP contribution is -2.55. The summed E-state index contributed by atoms with van der Waals surface area (Å²) in [6, 6.07) is 16.3. The van der Waals surface area contributed by atoms with Crippen LogP contribution in [0.5, 0.6) is 5.75 Å². The van der Waals surface area contributed by atoms with Crippen LogP contribution in [0.25, 0.3) is 11.3 Å². The lowest BCUT2D eigenvalue weighted by atomic mass is 10.0. The number of hydrogen-bond acceptors (Lipinski definition) is 8. The Labute approximate surface area is 247 Å². The van der Waals surface area contributed by atoms with Gasteiger partial charge in [-0.3, -0.25) is 9.59 Å². The number of nitrogens with one attached hydrogen (secondary N) is 1. The minimum atomic E-state index is -1.20. The van der Waals surface area contributed by atoms with Gasteiger partial charge in [-0.1, -0.05) is 35.5 Å². The number of rotatable bonds is 10. The Morgan fingerprint density at radius 3 is 2.30 bits per heavy atom. The van der Waals surface area contributed by atoms with Crippen LogP contribution in [0.2, 0.25) is 5.02 Å². The molecule has 0 saturated heterocycles. The lowest BCUT2D eigenvalue weighted by Gasteiger charge is -2.37. The van der Waals surface area contributed by atoms with Crippen molar-refractivity contribution in [2.75, 3.05) is 18.2 Å². The molecule has 0 saturated carbocycles. The third kappa shape index (κ3) is 7.38. The summed E-state index contributed by atoms with van der Waals surface area (Å²) in [5.74, 6) is 0.191. The zero-order valence-corrected chi connectivity index (χ0v) is 25.3. The predicted molar refractivity (Wildman–Crippen MR) is 161 cm³/mol. The highest BCUT2D eigenvalue weighted by Crippen LogP contribution is 2.28. The monoisotopic (exact) mass is 595 g/mol.